The maximum atomic E-state index is 12.1. The fraction of sp³-hybridized carbons (Fsp3) is 0.765. The molecule has 1 heterocycles. The Morgan fingerprint density at radius 2 is 1.54 bits per heavy atom. The average Bonchev–Trinajstić information content (AvgIpc) is 2.56. The molecule has 0 aliphatic carbocycles. The van der Waals surface area contributed by atoms with Gasteiger partial charge >= 0.3 is 24.0 Å². The summed E-state index contributed by atoms with van der Waals surface area (Å²) >= 11 is 3.27. The average molecular weight is 468 g/mol. The van der Waals surface area contributed by atoms with Gasteiger partial charge in [-0.05, 0) is 5.92 Å². The lowest BCUT2D eigenvalue weighted by atomic mass is 9.97. The van der Waals surface area contributed by atoms with Crippen molar-refractivity contribution in [3.05, 3.63) is 0 Å². The molecule has 5 atom stereocenters. The normalized spacial score (nSPS) is 26.9. The molecule has 28 heavy (non-hydrogen) atoms. The maximum Gasteiger partial charge on any atom is 0.407 e. The molecular weight excluding hydrogens is 442 g/mol. The van der Waals surface area contributed by atoms with Crippen LogP contribution in [0, 0.1) is 5.92 Å². The van der Waals surface area contributed by atoms with E-state index < -0.39 is 53.4 Å². The summed E-state index contributed by atoms with van der Waals surface area (Å²) in [7, 11) is 0. The molecule has 1 saturated heterocycles. The number of rotatable bonds is 7. The van der Waals surface area contributed by atoms with Crippen molar-refractivity contribution in [2.24, 2.45) is 5.92 Å². The van der Waals surface area contributed by atoms with Gasteiger partial charge in [0.05, 0.1) is 6.61 Å². The standard InChI is InChI=1S/C17H26BrNO9/c1-8(2)6-25-17(23)19-13-15(27-11(5)22)14(26-10(4)21)12(28-16(13)18)7-24-9(3)20/h8,12-16H,6-7H2,1-5H3,(H,19,23)/t12-,13-,14-,15-,16+/m1/s1. The Morgan fingerprint density at radius 3 is 2.04 bits per heavy atom. The molecule has 1 aliphatic heterocycles. The summed E-state index contributed by atoms with van der Waals surface area (Å²) in [5.74, 6) is -1.75. The number of carbonyl (C=O) groups excluding carboxylic acids is 4. The maximum absolute atomic E-state index is 12.1. The van der Waals surface area contributed by atoms with Crippen LogP contribution in [0.5, 0.6) is 0 Å². The number of halogens is 1. The van der Waals surface area contributed by atoms with Crippen LogP contribution in [-0.4, -0.2) is 66.6 Å². The molecule has 0 saturated carbocycles. The predicted molar refractivity (Wildman–Crippen MR) is 98.4 cm³/mol. The van der Waals surface area contributed by atoms with E-state index in [1.165, 1.54) is 20.8 Å². The molecule has 160 valence electrons. The predicted octanol–water partition coefficient (Wildman–Crippen LogP) is 1.28. The molecule has 1 aliphatic rings. The molecule has 0 aromatic heterocycles. The van der Waals surface area contributed by atoms with Gasteiger partial charge in [0.25, 0.3) is 0 Å². The number of ether oxygens (including phenoxy) is 5. The van der Waals surface area contributed by atoms with Gasteiger partial charge in [0.15, 0.2) is 12.2 Å². The van der Waals surface area contributed by atoms with Crippen LogP contribution in [-0.2, 0) is 38.1 Å². The Bertz CT molecular complexity index is 583. The molecule has 1 N–H and O–H groups in total. The fourth-order valence-electron chi connectivity index (χ4n) is 2.46. The highest BCUT2D eigenvalue weighted by molar-refractivity contribution is 9.09. The summed E-state index contributed by atoms with van der Waals surface area (Å²) in [6, 6.07) is -0.929. The van der Waals surface area contributed by atoms with Gasteiger partial charge in [-0.25, -0.2) is 4.79 Å². The molecule has 0 aromatic rings. The molecule has 0 bridgehead atoms. The van der Waals surface area contributed by atoms with Crippen LogP contribution in [0.4, 0.5) is 4.79 Å². The number of carbonyl (C=O) groups is 4. The third kappa shape index (κ3) is 8.01. The first-order valence-electron chi connectivity index (χ1n) is 8.71. The van der Waals surface area contributed by atoms with Crippen LogP contribution in [0.2, 0.25) is 0 Å². The summed E-state index contributed by atoms with van der Waals surface area (Å²) in [4.78, 5) is 46.4. The van der Waals surface area contributed by atoms with Crippen molar-refractivity contribution in [2.45, 2.75) is 64.0 Å². The van der Waals surface area contributed by atoms with Crippen molar-refractivity contribution in [3.63, 3.8) is 0 Å². The highest BCUT2D eigenvalue weighted by atomic mass is 79.9. The number of nitrogens with one attached hydrogen (secondary N) is 1. The van der Waals surface area contributed by atoms with Gasteiger partial charge in [-0.15, -0.1) is 0 Å². The van der Waals surface area contributed by atoms with E-state index in [0.717, 1.165) is 0 Å². The molecule has 0 unspecified atom stereocenters. The van der Waals surface area contributed by atoms with E-state index in [1.54, 1.807) is 0 Å². The molecule has 1 amide bonds. The fourth-order valence-corrected chi connectivity index (χ4v) is 3.17. The first-order chi connectivity index (χ1) is 13.0. The quantitative estimate of drug-likeness (QED) is 0.334. The molecule has 0 spiro atoms. The third-order valence-corrected chi connectivity index (χ3v) is 4.30. The molecule has 0 radical (unpaired) electrons. The number of alkyl carbamates (subject to hydrolysis) is 1. The first-order valence-corrected chi connectivity index (χ1v) is 9.63. The van der Waals surface area contributed by atoms with Gasteiger partial charge in [-0.3, -0.25) is 14.4 Å². The van der Waals surface area contributed by atoms with E-state index in [4.69, 9.17) is 23.7 Å². The van der Waals surface area contributed by atoms with Gasteiger partial charge in [-0.2, -0.15) is 0 Å². The highest BCUT2D eigenvalue weighted by Crippen LogP contribution is 2.29. The van der Waals surface area contributed by atoms with E-state index in [-0.39, 0.29) is 19.1 Å². The van der Waals surface area contributed by atoms with E-state index >= 15 is 0 Å². The molecule has 1 fully saturated rings. The molecular formula is C17H26BrNO9. The largest absolute Gasteiger partial charge is 0.463 e. The lowest BCUT2D eigenvalue weighted by molar-refractivity contribution is -0.210. The van der Waals surface area contributed by atoms with Crippen molar-refractivity contribution < 1.29 is 42.9 Å². The Balaban J connectivity index is 3.06. The zero-order valence-electron chi connectivity index (χ0n) is 16.4. The summed E-state index contributed by atoms with van der Waals surface area (Å²) in [5.41, 5.74) is 0. The number of amides is 1. The Morgan fingerprint density at radius 1 is 0.964 bits per heavy atom. The molecule has 0 aromatic carbocycles. The lowest BCUT2D eigenvalue weighted by Gasteiger charge is -2.43. The highest BCUT2D eigenvalue weighted by Gasteiger charge is 2.50. The van der Waals surface area contributed by atoms with Crippen molar-refractivity contribution >= 4 is 39.9 Å². The van der Waals surface area contributed by atoms with Crippen molar-refractivity contribution in [1.82, 2.24) is 5.32 Å². The summed E-state index contributed by atoms with van der Waals surface area (Å²) in [6.07, 6.45) is -3.90. The van der Waals surface area contributed by atoms with Crippen LogP contribution >= 0.6 is 15.9 Å². The smallest absolute Gasteiger partial charge is 0.407 e. The van der Waals surface area contributed by atoms with E-state index in [0.29, 0.717) is 0 Å². The number of hydrogen-bond acceptors (Lipinski definition) is 9. The summed E-state index contributed by atoms with van der Waals surface area (Å²) in [5, 5.41) is 1.72. The minimum Gasteiger partial charge on any atom is -0.463 e. The van der Waals surface area contributed by atoms with Gasteiger partial charge in [-0.1, -0.05) is 29.8 Å². The number of alkyl halides is 1. The molecule has 10 nitrogen and oxygen atoms in total. The first kappa shape index (κ1) is 24.2. The summed E-state index contributed by atoms with van der Waals surface area (Å²) in [6.45, 7) is 7.27. The SMILES string of the molecule is CC(=O)OC[C@H]1O[C@H](Br)[C@H](NC(=O)OCC(C)C)[C@@H](OC(C)=O)[C@@H]1OC(C)=O. The van der Waals surface area contributed by atoms with Crippen molar-refractivity contribution in [3.8, 4) is 0 Å². The van der Waals surface area contributed by atoms with Gasteiger partial charge < -0.3 is 29.0 Å². The van der Waals surface area contributed by atoms with Gasteiger partial charge in [0, 0.05) is 20.8 Å². The van der Waals surface area contributed by atoms with Crippen molar-refractivity contribution in [2.75, 3.05) is 13.2 Å². The second-order valence-corrected chi connectivity index (χ2v) is 7.54. The van der Waals surface area contributed by atoms with E-state index in [2.05, 4.69) is 21.2 Å². The number of hydrogen-bond donors (Lipinski definition) is 1. The molecule has 11 heteroatoms. The van der Waals surface area contributed by atoms with Gasteiger partial charge in [0.1, 0.15) is 23.8 Å². The Labute approximate surface area is 171 Å². The zero-order chi connectivity index (χ0) is 21.4. The van der Waals surface area contributed by atoms with Gasteiger partial charge in [0.2, 0.25) is 0 Å². The zero-order valence-corrected chi connectivity index (χ0v) is 18.0. The van der Waals surface area contributed by atoms with Crippen LogP contribution in [0.15, 0.2) is 0 Å². The Hall–Kier alpha value is -1.88. The Kier molecular flexibility index (Phi) is 9.66. The van der Waals surface area contributed by atoms with Crippen LogP contribution in [0.1, 0.15) is 34.6 Å². The van der Waals surface area contributed by atoms with E-state index in [1.807, 2.05) is 13.8 Å². The monoisotopic (exact) mass is 467 g/mol. The number of esters is 3. The lowest BCUT2D eigenvalue weighted by Crippen LogP contribution is -2.64. The summed E-state index contributed by atoms with van der Waals surface area (Å²) < 4.78 is 26.3. The minimum atomic E-state index is -1.12. The second kappa shape index (κ2) is 11.2. The van der Waals surface area contributed by atoms with E-state index in [9.17, 15) is 19.2 Å². The minimum absolute atomic E-state index is 0.124. The topological polar surface area (TPSA) is 126 Å². The van der Waals surface area contributed by atoms with Crippen LogP contribution in [0.25, 0.3) is 0 Å². The van der Waals surface area contributed by atoms with Crippen molar-refractivity contribution in [1.29, 1.82) is 0 Å². The third-order valence-electron chi connectivity index (χ3n) is 3.52. The second-order valence-electron chi connectivity index (χ2n) is 6.64. The van der Waals surface area contributed by atoms with Crippen LogP contribution < -0.4 is 5.32 Å². The van der Waals surface area contributed by atoms with Crippen LogP contribution in [0.3, 0.4) is 0 Å². The molecule has 1 rings (SSSR count).